The Balaban J connectivity index is 1.94. The SMILES string of the molecule is CCNC(c1ccc2c(c1)CCC(=O)N2)c1ccc(C)o1. The third kappa shape index (κ3) is 2.85. The van der Waals surface area contributed by atoms with E-state index in [1.165, 1.54) is 11.1 Å². The third-order valence-corrected chi connectivity index (χ3v) is 3.81. The highest BCUT2D eigenvalue weighted by atomic mass is 16.3. The second-order valence-corrected chi connectivity index (χ2v) is 5.40. The summed E-state index contributed by atoms with van der Waals surface area (Å²) in [4.78, 5) is 11.4. The lowest BCUT2D eigenvalue weighted by Crippen LogP contribution is -2.23. The molecule has 110 valence electrons. The van der Waals surface area contributed by atoms with Gasteiger partial charge in [0.1, 0.15) is 11.5 Å². The summed E-state index contributed by atoms with van der Waals surface area (Å²) in [6.45, 7) is 4.90. The maximum atomic E-state index is 11.4. The number of benzene rings is 1. The van der Waals surface area contributed by atoms with Gasteiger partial charge in [-0.05, 0) is 49.2 Å². The van der Waals surface area contributed by atoms with Gasteiger partial charge in [0.05, 0.1) is 6.04 Å². The first kappa shape index (κ1) is 13.9. The van der Waals surface area contributed by atoms with Crippen molar-refractivity contribution in [2.24, 2.45) is 0 Å². The first-order chi connectivity index (χ1) is 10.2. The second kappa shape index (κ2) is 5.74. The van der Waals surface area contributed by atoms with Gasteiger partial charge in [-0.3, -0.25) is 4.79 Å². The van der Waals surface area contributed by atoms with Crippen molar-refractivity contribution < 1.29 is 9.21 Å². The van der Waals surface area contributed by atoms with E-state index in [2.05, 4.69) is 29.7 Å². The summed E-state index contributed by atoms with van der Waals surface area (Å²) in [6, 6.07) is 10.3. The van der Waals surface area contributed by atoms with Gasteiger partial charge in [0.25, 0.3) is 0 Å². The minimum atomic E-state index is 0.0478. The highest BCUT2D eigenvalue weighted by molar-refractivity contribution is 5.93. The number of carbonyl (C=O) groups is 1. The molecule has 0 radical (unpaired) electrons. The molecule has 1 unspecified atom stereocenters. The Hall–Kier alpha value is -2.07. The van der Waals surface area contributed by atoms with Crippen LogP contribution in [-0.2, 0) is 11.2 Å². The molecule has 21 heavy (non-hydrogen) atoms. The van der Waals surface area contributed by atoms with Gasteiger partial charge in [0, 0.05) is 12.1 Å². The van der Waals surface area contributed by atoms with Crippen LogP contribution in [0.15, 0.2) is 34.7 Å². The van der Waals surface area contributed by atoms with Crippen LogP contribution in [0.1, 0.15) is 42.0 Å². The average molecular weight is 284 g/mol. The second-order valence-electron chi connectivity index (χ2n) is 5.40. The number of anilines is 1. The van der Waals surface area contributed by atoms with Crippen molar-refractivity contribution in [2.45, 2.75) is 32.7 Å². The molecule has 1 amide bonds. The highest BCUT2D eigenvalue weighted by Gasteiger charge is 2.20. The standard InChI is InChI=1S/C17H20N2O2/c1-3-18-17(15-8-4-11(2)21-15)13-5-7-14-12(10-13)6-9-16(20)19-14/h4-5,7-8,10,17-18H,3,6,9H2,1-2H3,(H,19,20). The summed E-state index contributed by atoms with van der Waals surface area (Å²) >= 11 is 0. The van der Waals surface area contributed by atoms with Crippen molar-refractivity contribution in [3.05, 3.63) is 53.0 Å². The predicted molar refractivity (Wildman–Crippen MR) is 82.4 cm³/mol. The normalized spacial score (nSPS) is 15.4. The predicted octanol–water partition coefficient (Wildman–Crippen LogP) is 3.17. The van der Waals surface area contributed by atoms with Crippen LogP contribution in [0, 0.1) is 6.92 Å². The summed E-state index contributed by atoms with van der Waals surface area (Å²) in [5, 5.41) is 6.38. The van der Waals surface area contributed by atoms with Crippen LogP contribution < -0.4 is 10.6 Å². The van der Waals surface area contributed by atoms with Gasteiger partial charge >= 0.3 is 0 Å². The molecule has 1 aliphatic rings. The number of hydrogen-bond acceptors (Lipinski definition) is 3. The quantitative estimate of drug-likeness (QED) is 0.906. The molecule has 0 saturated heterocycles. The fourth-order valence-corrected chi connectivity index (χ4v) is 2.78. The Morgan fingerprint density at radius 2 is 2.14 bits per heavy atom. The fourth-order valence-electron chi connectivity index (χ4n) is 2.78. The van der Waals surface area contributed by atoms with E-state index >= 15 is 0 Å². The lowest BCUT2D eigenvalue weighted by Gasteiger charge is -2.21. The summed E-state index contributed by atoms with van der Waals surface area (Å²) in [5.41, 5.74) is 3.29. The fraction of sp³-hybridized carbons (Fsp3) is 0.353. The molecule has 1 atom stereocenters. The number of amides is 1. The number of carbonyl (C=O) groups excluding carboxylic acids is 1. The molecule has 1 aliphatic heterocycles. The molecule has 0 saturated carbocycles. The number of rotatable bonds is 4. The van der Waals surface area contributed by atoms with Gasteiger partial charge in [-0.15, -0.1) is 0 Å². The van der Waals surface area contributed by atoms with Crippen LogP contribution in [0.25, 0.3) is 0 Å². The van der Waals surface area contributed by atoms with Crippen molar-refractivity contribution in [3.8, 4) is 0 Å². The molecule has 2 aromatic rings. The monoisotopic (exact) mass is 284 g/mol. The van der Waals surface area contributed by atoms with E-state index in [1.807, 2.05) is 25.1 Å². The first-order valence-electron chi connectivity index (χ1n) is 7.39. The lowest BCUT2D eigenvalue weighted by molar-refractivity contribution is -0.116. The van der Waals surface area contributed by atoms with Crippen LogP contribution in [0.3, 0.4) is 0 Å². The molecule has 3 rings (SSSR count). The maximum absolute atomic E-state index is 11.4. The van der Waals surface area contributed by atoms with Crippen molar-refractivity contribution in [2.75, 3.05) is 11.9 Å². The molecule has 0 bridgehead atoms. The molecule has 0 aliphatic carbocycles. The lowest BCUT2D eigenvalue weighted by atomic mass is 9.96. The van der Waals surface area contributed by atoms with Crippen molar-refractivity contribution in [1.82, 2.24) is 5.32 Å². The van der Waals surface area contributed by atoms with Crippen LogP contribution in [-0.4, -0.2) is 12.5 Å². The van der Waals surface area contributed by atoms with E-state index < -0.39 is 0 Å². The smallest absolute Gasteiger partial charge is 0.224 e. The number of hydrogen-bond donors (Lipinski definition) is 2. The van der Waals surface area contributed by atoms with Gasteiger partial charge < -0.3 is 15.1 Å². The molecular formula is C17H20N2O2. The number of furan rings is 1. The van der Waals surface area contributed by atoms with E-state index in [9.17, 15) is 4.79 Å². The Bertz CT molecular complexity index is 661. The molecule has 4 heteroatoms. The zero-order valence-electron chi connectivity index (χ0n) is 12.4. The molecule has 1 aromatic carbocycles. The van der Waals surface area contributed by atoms with Gasteiger partial charge in [0.15, 0.2) is 0 Å². The molecular weight excluding hydrogens is 264 g/mol. The number of fused-ring (bicyclic) bond motifs is 1. The van der Waals surface area contributed by atoms with Crippen LogP contribution >= 0.6 is 0 Å². The molecule has 2 heterocycles. The Labute approximate surface area is 124 Å². The Kier molecular flexibility index (Phi) is 3.80. The maximum Gasteiger partial charge on any atom is 0.224 e. The Morgan fingerprint density at radius 1 is 1.29 bits per heavy atom. The van der Waals surface area contributed by atoms with Crippen LogP contribution in [0.2, 0.25) is 0 Å². The summed E-state index contributed by atoms with van der Waals surface area (Å²) in [5.74, 6) is 1.94. The van der Waals surface area contributed by atoms with E-state index in [1.54, 1.807) is 0 Å². The first-order valence-corrected chi connectivity index (χ1v) is 7.39. The topological polar surface area (TPSA) is 54.3 Å². The summed E-state index contributed by atoms with van der Waals surface area (Å²) < 4.78 is 5.78. The third-order valence-electron chi connectivity index (χ3n) is 3.81. The average Bonchev–Trinajstić information content (AvgIpc) is 2.90. The molecule has 1 aromatic heterocycles. The minimum absolute atomic E-state index is 0.0478. The van der Waals surface area contributed by atoms with Crippen molar-refractivity contribution in [3.63, 3.8) is 0 Å². The van der Waals surface area contributed by atoms with E-state index in [-0.39, 0.29) is 11.9 Å². The minimum Gasteiger partial charge on any atom is -0.464 e. The van der Waals surface area contributed by atoms with Crippen molar-refractivity contribution in [1.29, 1.82) is 0 Å². The largest absolute Gasteiger partial charge is 0.464 e. The van der Waals surface area contributed by atoms with E-state index in [0.29, 0.717) is 6.42 Å². The van der Waals surface area contributed by atoms with E-state index in [0.717, 1.165) is 30.2 Å². The zero-order chi connectivity index (χ0) is 14.8. The van der Waals surface area contributed by atoms with Crippen LogP contribution in [0.4, 0.5) is 5.69 Å². The van der Waals surface area contributed by atoms with E-state index in [4.69, 9.17) is 4.42 Å². The van der Waals surface area contributed by atoms with Gasteiger partial charge in [-0.25, -0.2) is 0 Å². The number of aryl methyl sites for hydroxylation is 2. The molecule has 4 nitrogen and oxygen atoms in total. The molecule has 2 N–H and O–H groups in total. The highest BCUT2D eigenvalue weighted by Crippen LogP contribution is 2.29. The number of nitrogens with one attached hydrogen (secondary N) is 2. The summed E-state index contributed by atoms with van der Waals surface area (Å²) in [6.07, 6.45) is 1.35. The van der Waals surface area contributed by atoms with Gasteiger partial charge in [-0.2, -0.15) is 0 Å². The van der Waals surface area contributed by atoms with Crippen LogP contribution in [0.5, 0.6) is 0 Å². The molecule has 0 fully saturated rings. The van der Waals surface area contributed by atoms with Gasteiger partial charge in [-0.1, -0.05) is 19.1 Å². The molecule has 0 spiro atoms. The van der Waals surface area contributed by atoms with Gasteiger partial charge in [0.2, 0.25) is 5.91 Å². The summed E-state index contributed by atoms with van der Waals surface area (Å²) in [7, 11) is 0. The Morgan fingerprint density at radius 3 is 2.86 bits per heavy atom. The zero-order valence-corrected chi connectivity index (χ0v) is 12.4. The van der Waals surface area contributed by atoms with Crippen molar-refractivity contribution >= 4 is 11.6 Å².